The van der Waals surface area contributed by atoms with Gasteiger partial charge in [-0.1, -0.05) is 20.3 Å². The summed E-state index contributed by atoms with van der Waals surface area (Å²) in [6.45, 7) is 7.04. The van der Waals surface area contributed by atoms with Crippen LogP contribution in [0.2, 0.25) is 0 Å². The van der Waals surface area contributed by atoms with E-state index in [-0.39, 0.29) is 22.4 Å². The molecule has 29 heavy (non-hydrogen) atoms. The highest BCUT2D eigenvalue weighted by atomic mass is 32.2. The van der Waals surface area contributed by atoms with Crippen LogP contribution in [0.25, 0.3) is 10.9 Å². The van der Waals surface area contributed by atoms with Gasteiger partial charge in [-0.2, -0.15) is 4.31 Å². The van der Waals surface area contributed by atoms with E-state index >= 15 is 0 Å². The number of nitrogens with zero attached hydrogens (tertiary/aromatic N) is 1. The summed E-state index contributed by atoms with van der Waals surface area (Å²) in [7, 11) is -3.67. The number of aromatic nitrogens is 1. The van der Waals surface area contributed by atoms with Crippen molar-refractivity contribution in [2.45, 2.75) is 57.4 Å². The van der Waals surface area contributed by atoms with Gasteiger partial charge in [0.1, 0.15) is 0 Å². The molecule has 1 aliphatic heterocycles. The Bertz CT molecular complexity index is 1060. The molecule has 8 heteroatoms. The fraction of sp³-hybridized carbons (Fsp3) is 0.524. The number of nitrogens with one attached hydrogen (secondary N) is 2. The van der Waals surface area contributed by atoms with Gasteiger partial charge >= 0.3 is 0 Å². The standard InChI is InChI=1S/C21H29N3O4S/c1-14(2)9-10-22-21(26)18-13-20(25)23-19-8-7-16(12-17(18)19)29(27,28)24-11-5-4-6-15(24)3/h7-8,12-15H,4-6,9-11H2,1-3H3,(H,22,26)(H,23,25). The molecule has 1 amide bonds. The van der Waals surface area contributed by atoms with Crippen molar-refractivity contribution in [1.29, 1.82) is 0 Å². The van der Waals surface area contributed by atoms with E-state index in [1.54, 1.807) is 6.07 Å². The van der Waals surface area contributed by atoms with Gasteiger partial charge in [0.25, 0.3) is 5.91 Å². The van der Waals surface area contributed by atoms with Crippen molar-refractivity contribution >= 4 is 26.8 Å². The highest BCUT2D eigenvalue weighted by molar-refractivity contribution is 7.89. The molecule has 1 saturated heterocycles. The number of rotatable bonds is 6. The average Bonchev–Trinajstić information content (AvgIpc) is 2.66. The van der Waals surface area contributed by atoms with E-state index in [9.17, 15) is 18.0 Å². The van der Waals surface area contributed by atoms with Gasteiger partial charge < -0.3 is 10.3 Å². The molecule has 158 valence electrons. The summed E-state index contributed by atoms with van der Waals surface area (Å²) in [5, 5.41) is 3.25. The SMILES string of the molecule is CC(C)CCNC(=O)c1cc(=O)[nH]c2ccc(S(=O)(=O)N3CCCCC3C)cc12. The lowest BCUT2D eigenvalue weighted by molar-refractivity contribution is 0.0953. The second-order valence-corrected chi connectivity index (χ2v) is 10.0. The Kier molecular flexibility index (Phi) is 6.43. The fourth-order valence-electron chi connectivity index (χ4n) is 3.72. The molecule has 1 atom stereocenters. The highest BCUT2D eigenvalue weighted by Gasteiger charge is 2.31. The Balaban J connectivity index is 2.01. The van der Waals surface area contributed by atoms with Crippen LogP contribution >= 0.6 is 0 Å². The molecule has 1 aromatic heterocycles. The van der Waals surface area contributed by atoms with Gasteiger partial charge in [0.05, 0.1) is 10.5 Å². The maximum atomic E-state index is 13.2. The molecule has 0 aliphatic carbocycles. The predicted molar refractivity (Wildman–Crippen MR) is 114 cm³/mol. The second-order valence-electron chi connectivity index (χ2n) is 8.15. The molecular formula is C21H29N3O4S. The van der Waals surface area contributed by atoms with Crippen LogP contribution in [0.4, 0.5) is 0 Å². The molecule has 0 bridgehead atoms. The van der Waals surface area contributed by atoms with Crippen LogP contribution in [-0.2, 0) is 10.0 Å². The van der Waals surface area contributed by atoms with Crippen LogP contribution in [0, 0.1) is 5.92 Å². The van der Waals surface area contributed by atoms with Crippen molar-refractivity contribution < 1.29 is 13.2 Å². The zero-order chi connectivity index (χ0) is 21.2. The van der Waals surface area contributed by atoms with Crippen LogP contribution in [0.1, 0.15) is 56.8 Å². The van der Waals surface area contributed by atoms with E-state index in [4.69, 9.17) is 0 Å². The maximum absolute atomic E-state index is 13.2. The van der Waals surface area contributed by atoms with E-state index in [0.717, 1.165) is 25.7 Å². The third-order valence-corrected chi connectivity index (χ3v) is 7.42. The normalized spacial score (nSPS) is 18.3. The third kappa shape index (κ3) is 4.70. The first-order valence-electron chi connectivity index (χ1n) is 10.2. The van der Waals surface area contributed by atoms with Crippen LogP contribution in [0.15, 0.2) is 34.0 Å². The largest absolute Gasteiger partial charge is 0.352 e. The number of benzene rings is 1. The van der Waals surface area contributed by atoms with E-state index in [1.165, 1.54) is 22.5 Å². The number of sulfonamides is 1. The number of hydrogen-bond donors (Lipinski definition) is 2. The second kappa shape index (κ2) is 8.67. The average molecular weight is 420 g/mol. The molecule has 0 saturated carbocycles. The first kappa shape index (κ1) is 21.5. The summed E-state index contributed by atoms with van der Waals surface area (Å²) in [4.78, 5) is 27.5. The number of carbonyl (C=O) groups is 1. The number of pyridine rings is 1. The Morgan fingerprint density at radius 1 is 1.28 bits per heavy atom. The van der Waals surface area contributed by atoms with Gasteiger partial charge in [-0.3, -0.25) is 9.59 Å². The molecule has 2 N–H and O–H groups in total. The molecule has 3 rings (SSSR count). The molecule has 1 aliphatic rings. The van der Waals surface area contributed by atoms with Gasteiger partial charge in [0.15, 0.2) is 0 Å². The van der Waals surface area contributed by atoms with Crippen LogP contribution in [0.3, 0.4) is 0 Å². The lowest BCUT2D eigenvalue weighted by Crippen LogP contribution is -2.41. The summed E-state index contributed by atoms with van der Waals surface area (Å²) in [5.74, 6) is 0.0668. The van der Waals surface area contributed by atoms with Crippen molar-refractivity contribution in [3.8, 4) is 0 Å². The summed E-state index contributed by atoms with van der Waals surface area (Å²) in [5.41, 5.74) is 0.236. The van der Waals surface area contributed by atoms with Gasteiger partial charge in [-0.25, -0.2) is 8.42 Å². The number of fused-ring (bicyclic) bond motifs is 1. The lowest BCUT2D eigenvalue weighted by Gasteiger charge is -2.32. The van der Waals surface area contributed by atoms with Gasteiger partial charge in [-0.15, -0.1) is 0 Å². The number of amides is 1. The molecule has 1 aromatic carbocycles. The van der Waals surface area contributed by atoms with Crippen LogP contribution in [0.5, 0.6) is 0 Å². The summed E-state index contributed by atoms with van der Waals surface area (Å²) in [6.07, 6.45) is 3.52. The van der Waals surface area contributed by atoms with Gasteiger partial charge in [0.2, 0.25) is 15.6 Å². The van der Waals surface area contributed by atoms with E-state index in [2.05, 4.69) is 24.1 Å². The molecule has 1 fully saturated rings. The Labute approximate surface area is 171 Å². The minimum absolute atomic E-state index is 0.0566. The molecule has 2 aromatic rings. The molecular weight excluding hydrogens is 390 g/mol. The quantitative estimate of drug-likeness (QED) is 0.752. The van der Waals surface area contributed by atoms with Gasteiger partial charge in [-0.05, 0) is 50.3 Å². The summed E-state index contributed by atoms with van der Waals surface area (Å²) >= 11 is 0. The lowest BCUT2D eigenvalue weighted by atomic mass is 10.1. The van der Waals surface area contributed by atoms with E-state index < -0.39 is 15.6 Å². The summed E-state index contributed by atoms with van der Waals surface area (Å²) in [6, 6.07) is 5.73. The van der Waals surface area contributed by atoms with E-state index in [0.29, 0.717) is 29.9 Å². The monoisotopic (exact) mass is 419 g/mol. The van der Waals surface area contributed by atoms with Crippen molar-refractivity contribution in [2.24, 2.45) is 5.92 Å². The molecule has 2 heterocycles. The van der Waals surface area contributed by atoms with Crippen molar-refractivity contribution in [3.63, 3.8) is 0 Å². The Morgan fingerprint density at radius 3 is 2.72 bits per heavy atom. The van der Waals surface area contributed by atoms with Gasteiger partial charge in [0, 0.05) is 36.1 Å². The fourth-order valence-corrected chi connectivity index (χ4v) is 5.44. The smallest absolute Gasteiger partial charge is 0.252 e. The number of aromatic amines is 1. The first-order chi connectivity index (χ1) is 13.7. The van der Waals surface area contributed by atoms with Crippen LogP contribution < -0.4 is 10.9 Å². The Hall–Kier alpha value is -2.19. The molecule has 7 nitrogen and oxygen atoms in total. The minimum Gasteiger partial charge on any atom is -0.352 e. The van der Waals surface area contributed by atoms with Crippen molar-refractivity contribution in [3.05, 3.63) is 40.2 Å². The van der Waals surface area contributed by atoms with Crippen molar-refractivity contribution in [1.82, 2.24) is 14.6 Å². The third-order valence-electron chi connectivity index (χ3n) is 5.41. The topological polar surface area (TPSA) is 99.3 Å². The first-order valence-corrected chi connectivity index (χ1v) is 11.6. The number of piperidine rings is 1. The zero-order valence-electron chi connectivity index (χ0n) is 17.2. The molecule has 0 spiro atoms. The van der Waals surface area contributed by atoms with E-state index in [1.807, 2.05) is 6.92 Å². The van der Waals surface area contributed by atoms with Crippen molar-refractivity contribution in [2.75, 3.05) is 13.1 Å². The predicted octanol–water partition coefficient (Wildman–Crippen LogP) is 2.87. The number of H-pyrrole nitrogens is 1. The highest BCUT2D eigenvalue weighted by Crippen LogP contribution is 2.27. The maximum Gasteiger partial charge on any atom is 0.252 e. The molecule has 1 unspecified atom stereocenters. The number of hydrogen-bond acceptors (Lipinski definition) is 4. The minimum atomic E-state index is -3.67. The Morgan fingerprint density at radius 2 is 2.03 bits per heavy atom. The summed E-state index contributed by atoms with van der Waals surface area (Å²) < 4.78 is 27.9. The van der Waals surface area contributed by atoms with Crippen LogP contribution in [-0.4, -0.2) is 42.7 Å². The molecule has 0 radical (unpaired) electrons. The zero-order valence-corrected chi connectivity index (χ0v) is 18.0. The number of carbonyl (C=O) groups excluding carboxylic acids is 1.